The van der Waals surface area contributed by atoms with Gasteiger partial charge in [0.05, 0.1) is 10.3 Å². The van der Waals surface area contributed by atoms with Crippen LogP contribution < -0.4 is 10.6 Å². The van der Waals surface area contributed by atoms with Gasteiger partial charge in [0.25, 0.3) is 0 Å². The van der Waals surface area contributed by atoms with Crippen molar-refractivity contribution >= 4 is 29.4 Å². The number of ether oxygens (including phenoxy) is 1. The molecular weight excluding hydrogens is 672 g/mol. The number of rotatable bonds is 13. The van der Waals surface area contributed by atoms with Crippen molar-refractivity contribution in [1.29, 1.82) is 0 Å². The van der Waals surface area contributed by atoms with E-state index in [9.17, 15) is 19.1 Å². The van der Waals surface area contributed by atoms with Gasteiger partial charge in [-0.1, -0.05) is 109 Å². The van der Waals surface area contributed by atoms with Crippen molar-refractivity contribution in [3.8, 4) is 0 Å². The van der Waals surface area contributed by atoms with Gasteiger partial charge in [-0.15, -0.1) is 11.8 Å². The number of carbonyl (C=O) groups excluding carboxylic acids is 1. The molecule has 52 heavy (non-hydrogen) atoms. The lowest BCUT2D eigenvalue weighted by molar-refractivity contribution is -0.156. The summed E-state index contributed by atoms with van der Waals surface area (Å²) >= 11 is 1.88. The van der Waals surface area contributed by atoms with Crippen LogP contribution in [0.5, 0.6) is 0 Å². The van der Waals surface area contributed by atoms with E-state index in [-0.39, 0.29) is 22.7 Å². The van der Waals surface area contributed by atoms with E-state index in [1.54, 1.807) is 24.3 Å². The lowest BCUT2D eigenvalue weighted by Gasteiger charge is -2.37. The van der Waals surface area contributed by atoms with Gasteiger partial charge >= 0.3 is 11.9 Å². The molecule has 0 bridgehead atoms. The maximum atomic E-state index is 13.9. The maximum absolute atomic E-state index is 13.9. The number of hydrogen-bond acceptors (Lipinski definition) is 6. The Morgan fingerprint density at radius 3 is 1.90 bits per heavy atom. The maximum Gasteiger partial charge on any atom is 0.336 e. The SMILES string of the molecule is CC(C)(C)OC(=O)C(Nc1ccc(CCc2ccc(F)cc2)c(C(=O)O)c1)[C@@H]1C[C@H](SC(c2ccccc2)(c2ccccc2)c2ccccc2)CN1. The van der Waals surface area contributed by atoms with Crippen LogP contribution in [0, 0.1) is 5.82 Å². The van der Waals surface area contributed by atoms with Gasteiger partial charge in [0.1, 0.15) is 17.5 Å². The van der Waals surface area contributed by atoms with Gasteiger partial charge in [0.15, 0.2) is 0 Å². The topological polar surface area (TPSA) is 87.7 Å². The van der Waals surface area contributed by atoms with Gasteiger partial charge in [-0.3, -0.25) is 0 Å². The van der Waals surface area contributed by atoms with Crippen LogP contribution in [-0.4, -0.2) is 46.5 Å². The Hall–Kier alpha value is -4.92. The first kappa shape index (κ1) is 36.9. The van der Waals surface area contributed by atoms with Crippen LogP contribution in [-0.2, 0) is 27.1 Å². The summed E-state index contributed by atoms with van der Waals surface area (Å²) in [7, 11) is 0. The highest BCUT2D eigenvalue weighted by molar-refractivity contribution is 8.01. The number of thioether (sulfide) groups is 1. The molecule has 0 saturated carbocycles. The number of hydrogen-bond donors (Lipinski definition) is 3. The third-order valence-corrected chi connectivity index (χ3v) is 11.1. The van der Waals surface area contributed by atoms with Crippen molar-refractivity contribution in [2.45, 2.75) is 67.7 Å². The summed E-state index contributed by atoms with van der Waals surface area (Å²) in [6, 6.07) is 42.0. The zero-order valence-electron chi connectivity index (χ0n) is 29.7. The number of carbonyl (C=O) groups is 2. The van der Waals surface area contributed by atoms with E-state index < -0.39 is 28.3 Å². The Kier molecular flexibility index (Phi) is 11.5. The molecule has 3 N–H and O–H groups in total. The number of benzene rings is 5. The summed E-state index contributed by atoms with van der Waals surface area (Å²) in [4.78, 5) is 26.3. The molecule has 1 aliphatic rings. The Bertz CT molecular complexity index is 1850. The van der Waals surface area contributed by atoms with Gasteiger partial charge < -0.3 is 20.5 Å². The number of anilines is 1. The Balaban J connectivity index is 1.28. The first-order valence-electron chi connectivity index (χ1n) is 17.7. The fourth-order valence-electron chi connectivity index (χ4n) is 6.93. The lowest BCUT2D eigenvalue weighted by Crippen LogP contribution is -2.48. The molecule has 0 amide bonds. The summed E-state index contributed by atoms with van der Waals surface area (Å²) in [6.45, 7) is 6.19. The van der Waals surface area contributed by atoms with E-state index in [0.29, 0.717) is 37.1 Å². The van der Waals surface area contributed by atoms with Gasteiger partial charge in [-0.2, -0.15) is 0 Å². The van der Waals surface area contributed by atoms with Gasteiger partial charge in [0, 0.05) is 23.5 Å². The van der Waals surface area contributed by atoms with E-state index in [4.69, 9.17) is 4.74 Å². The molecule has 0 radical (unpaired) electrons. The molecule has 3 atom stereocenters. The molecule has 6 rings (SSSR count). The fourth-order valence-corrected chi connectivity index (χ4v) is 8.73. The minimum atomic E-state index is -1.05. The Labute approximate surface area is 309 Å². The average Bonchev–Trinajstić information content (AvgIpc) is 3.61. The first-order chi connectivity index (χ1) is 25.0. The highest BCUT2D eigenvalue weighted by atomic mass is 32.2. The second-order valence-electron chi connectivity index (χ2n) is 14.2. The number of nitrogens with one attached hydrogen (secondary N) is 2. The van der Waals surface area contributed by atoms with E-state index >= 15 is 0 Å². The van der Waals surface area contributed by atoms with Gasteiger partial charge in [-0.05, 0) is 92.1 Å². The molecule has 1 unspecified atom stereocenters. The predicted molar refractivity (Wildman–Crippen MR) is 207 cm³/mol. The predicted octanol–water partition coefficient (Wildman–Crippen LogP) is 8.89. The molecule has 1 saturated heterocycles. The summed E-state index contributed by atoms with van der Waals surface area (Å²) in [6.07, 6.45) is 1.70. The smallest absolute Gasteiger partial charge is 0.336 e. The highest BCUT2D eigenvalue weighted by Gasteiger charge is 2.44. The molecule has 1 heterocycles. The fraction of sp³-hybridized carbons (Fsp3) is 0.273. The summed E-state index contributed by atoms with van der Waals surface area (Å²) < 4.78 is 18.8. The van der Waals surface area contributed by atoms with Crippen molar-refractivity contribution in [3.63, 3.8) is 0 Å². The molecule has 0 aromatic heterocycles. The first-order valence-corrected chi connectivity index (χ1v) is 18.6. The molecule has 0 spiro atoms. The van der Waals surface area contributed by atoms with E-state index in [1.165, 1.54) is 28.8 Å². The van der Waals surface area contributed by atoms with Gasteiger partial charge in [-0.25, -0.2) is 14.0 Å². The second-order valence-corrected chi connectivity index (χ2v) is 15.7. The van der Waals surface area contributed by atoms with E-state index in [2.05, 4.69) is 83.4 Å². The normalized spacial score (nSPS) is 16.6. The number of carboxylic acids is 1. The van der Waals surface area contributed by atoms with Crippen LogP contribution in [0.3, 0.4) is 0 Å². The number of aromatic carboxylic acids is 1. The molecule has 268 valence electrons. The van der Waals surface area contributed by atoms with Crippen LogP contribution in [0.1, 0.15) is 65.4 Å². The van der Waals surface area contributed by atoms with E-state index in [1.807, 2.05) is 56.8 Å². The molecular formula is C44H45FN2O4S. The zero-order valence-corrected chi connectivity index (χ0v) is 30.5. The van der Waals surface area contributed by atoms with Crippen LogP contribution in [0.4, 0.5) is 10.1 Å². The highest BCUT2D eigenvalue weighted by Crippen LogP contribution is 2.51. The molecule has 6 nitrogen and oxygen atoms in total. The van der Waals surface area contributed by atoms with Crippen LogP contribution in [0.15, 0.2) is 133 Å². The zero-order chi connectivity index (χ0) is 36.7. The third kappa shape index (κ3) is 8.75. The quantitative estimate of drug-likeness (QED) is 0.0829. The Morgan fingerprint density at radius 1 is 0.827 bits per heavy atom. The van der Waals surface area contributed by atoms with Crippen molar-refractivity contribution < 1.29 is 23.8 Å². The molecule has 5 aromatic rings. The second kappa shape index (κ2) is 16.2. The van der Waals surface area contributed by atoms with Crippen molar-refractivity contribution in [2.24, 2.45) is 0 Å². The number of aryl methyl sites for hydroxylation is 2. The third-order valence-electron chi connectivity index (χ3n) is 9.33. The molecule has 8 heteroatoms. The summed E-state index contributed by atoms with van der Waals surface area (Å²) in [5.74, 6) is -1.77. The minimum absolute atomic E-state index is 0.112. The monoisotopic (exact) mass is 716 g/mol. The Morgan fingerprint density at radius 2 is 1.38 bits per heavy atom. The van der Waals surface area contributed by atoms with E-state index in [0.717, 1.165) is 5.56 Å². The largest absolute Gasteiger partial charge is 0.478 e. The minimum Gasteiger partial charge on any atom is -0.478 e. The number of esters is 1. The number of halogens is 1. The standard InChI is InChI=1S/C44H45FN2O4S/c1-43(2,3)51-42(50)40(47-36-26-23-31(38(27-36)41(48)49)22-19-30-20-24-35(45)25-21-30)39-28-37(29-46-39)52-44(32-13-7-4-8-14-32,33-15-9-5-10-16-33)34-17-11-6-12-18-34/h4-18,20-21,23-27,37,39-40,46-47H,19,22,28-29H2,1-3H3,(H,48,49)/t37-,39-,40?/m0/s1. The van der Waals surface area contributed by atoms with Crippen LogP contribution in [0.25, 0.3) is 0 Å². The molecule has 5 aromatic carbocycles. The van der Waals surface area contributed by atoms with Crippen molar-refractivity contribution in [1.82, 2.24) is 5.32 Å². The van der Waals surface area contributed by atoms with Gasteiger partial charge in [0.2, 0.25) is 0 Å². The molecule has 1 aliphatic heterocycles. The average molecular weight is 717 g/mol. The lowest BCUT2D eigenvalue weighted by atomic mass is 9.84. The summed E-state index contributed by atoms with van der Waals surface area (Å²) in [5, 5.41) is 17.3. The van der Waals surface area contributed by atoms with Crippen LogP contribution in [0.2, 0.25) is 0 Å². The van der Waals surface area contributed by atoms with Crippen molar-refractivity contribution in [3.05, 3.63) is 173 Å². The number of carboxylic acid groups (broad SMARTS) is 1. The molecule has 0 aliphatic carbocycles. The van der Waals surface area contributed by atoms with Crippen molar-refractivity contribution in [2.75, 3.05) is 11.9 Å². The molecule has 1 fully saturated rings. The summed E-state index contributed by atoms with van der Waals surface area (Å²) in [5.41, 5.74) is 5.04. The van der Waals surface area contributed by atoms with Crippen LogP contribution >= 0.6 is 11.8 Å².